The Bertz CT molecular complexity index is 1420. The van der Waals surface area contributed by atoms with Gasteiger partial charge in [-0.3, -0.25) is 4.79 Å². The summed E-state index contributed by atoms with van der Waals surface area (Å²) in [6.07, 6.45) is -4.97. The minimum absolute atomic E-state index is 0.147. The maximum Gasteiger partial charge on any atom is 0.417 e. The maximum atomic E-state index is 14.1. The van der Waals surface area contributed by atoms with Crippen molar-refractivity contribution in [2.24, 2.45) is 0 Å². The first-order chi connectivity index (χ1) is 16.4. The lowest BCUT2D eigenvalue weighted by Crippen LogP contribution is -2.10. The predicted octanol–water partition coefficient (Wildman–Crippen LogP) is 7.33. The average molecular weight is 489 g/mol. The van der Waals surface area contributed by atoms with Gasteiger partial charge in [0.25, 0.3) is 0 Å². The molecule has 0 aliphatic carbocycles. The van der Waals surface area contributed by atoms with Crippen LogP contribution in [0.1, 0.15) is 23.6 Å². The van der Waals surface area contributed by atoms with Gasteiger partial charge in [-0.2, -0.15) is 26.3 Å². The fourth-order valence-corrected chi connectivity index (χ4v) is 3.62. The molecule has 35 heavy (non-hydrogen) atoms. The minimum atomic E-state index is -4.71. The largest absolute Gasteiger partial charge is 0.417 e. The molecule has 0 saturated heterocycles. The van der Waals surface area contributed by atoms with Crippen molar-refractivity contribution in [3.05, 3.63) is 83.7 Å². The van der Waals surface area contributed by atoms with Crippen molar-refractivity contribution >= 4 is 34.9 Å². The number of rotatable bonds is 4. The molecule has 0 aliphatic heterocycles. The molecular weight excluding hydrogens is 472 g/mol. The van der Waals surface area contributed by atoms with Crippen molar-refractivity contribution < 1.29 is 31.1 Å². The van der Waals surface area contributed by atoms with Crippen LogP contribution < -0.4 is 5.32 Å². The highest BCUT2D eigenvalue weighted by Gasteiger charge is 2.35. The molecule has 0 spiro atoms. The van der Waals surface area contributed by atoms with Gasteiger partial charge in [-0.1, -0.05) is 30.3 Å². The molecular formula is C25H17F6N3O. The van der Waals surface area contributed by atoms with Crippen molar-refractivity contribution in [3.63, 3.8) is 0 Å². The second kappa shape index (κ2) is 8.94. The number of aromatic nitrogens is 2. The summed E-state index contributed by atoms with van der Waals surface area (Å²) in [5.41, 5.74) is -0.609. The molecule has 1 amide bonds. The van der Waals surface area contributed by atoms with Gasteiger partial charge >= 0.3 is 12.4 Å². The molecule has 1 heterocycles. The van der Waals surface area contributed by atoms with E-state index in [1.54, 1.807) is 12.1 Å². The molecule has 10 heteroatoms. The Labute approximate surface area is 195 Å². The van der Waals surface area contributed by atoms with Crippen molar-refractivity contribution in [1.82, 2.24) is 9.55 Å². The third-order valence-corrected chi connectivity index (χ3v) is 5.21. The summed E-state index contributed by atoms with van der Waals surface area (Å²) >= 11 is 0. The lowest BCUT2D eigenvalue weighted by Gasteiger charge is -2.16. The van der Waals surface area contributed by atoms with E-state index in [1.807, 2.05) is 0 Å². The fraction of sp³-hybridized carbons (Fsp3) is 0.120. The van der Waals surface area contributed by atoms with Crippen LogP contribution in [-0.4, -0.2) is 15.5 Å². The van der Waals surface area contributed by atoms with E-state index in [0.717, 1.165) is 18.2 Å². The van der Waals surface area contributed by atoms with Crippen LogP contribution in [0.5, 0.6) is 0 Å². The average Bonchev–Trinajstić information content (AvgIpc) is 3.18. The molecule has 4 aromatic rings. The van der Waals surface area contributed by atoms with Crippen LogP contribution in [-0.2, 0) is 17.1 Å². The van der Waals surface area contributed by atoms with Gasteiger partial charge < -0.3 is 9.88 Å². The number of amides is 1. The van der Waals surface area contributed by atoms with E-state index in [0.29, 0.717) is 5.56 Å². The number of fused-ring (bicyclic) bond motifs is 1. The van der Waals surface area contributed by atoms with Crippen LogP contribution in [0.15, 0.2) is 67.0 Å². The van der Waals surface area contributed by atoms with Crippen LogP contribution in [0.25, 0.3) is 34.4 Å². The van der Waals surface area contributed by atoms with Gasteiger partial charge in [0.05, 0.1) is 28.5 Å². The van der Waals surface area contributed by atoms with Crippen LogP contribution in [0.2, 0.25) is 0 Å². The number of anilines is 1. The van der Waals surface area contributed by atoms with Gasteiger partial charge in [0.15, 0.2) is 0 Å². The van der Waals surface area contributed by atoms with Gasteiger partial charge in [-0.05, 0) is 47.5 Å². The zero-order chi connectivity index (χ0) is 25.4. The second-order valence-electron chi connectivity index (χ2n) is 7.70. The molecule has 1 aromatic heterocycles. The molecule has 1 N–H and O–H groups in total. The van der Waals surface area contributed by atoms with E-state index in [4.69, 9.17) is 0 Å². The first-order valence-electron chi connectivity index (χ1n) is 10.2. The normalized spacial score (nSPS) is 12.4. The first-order valence-corrected chi connectivity index (χ1v) is 10.2. The Hall–Kier alpha value is -4.08. The molecule has 3 aromatic carbocycles. The van der Waals surface area contributed by atoms with Crippen molar-refractivity contribution in [2.45, 2.75) is 19.3 Å². The number of nitrogens with zero attached hydrogens (tertiary/aromatic N) is 2. The Morgan fingerprint density at radius 1 is 0.914 bits per heavy atom. The molecule has 4 nitrogen and oxygen atoms in total. The number of carbonyl (C=O) groups excluding carboxylic acids is 1. The standard InChI is InChI=1S/C25H17F6N3O/c1-15(35)33-21-5-3-2-4-18(21)19-12-22-23(13-20(19)25(29,30)31)34(14-32-22)11-10-16-6-8-17(9-7-16)24(26,27)28/h2-14H,1H3,(H,33,35)/b11-10+. The maximum absolute atomic E-state index is 14.1. The van der Waals surface area contributed by atoms with Gasteiger partial charge in [-0.25, -0.2) is 4.98 Å². The number of alkyl halides is 6. The second-order valence-corrected chi connectivity index (χ2v) is 7.70. The smallest absolute Gasteiger partial charge is 0.326 e. The third-order valence-electron chi connectivity index (χ3n) is 5.21. The Morgan fingerprint density at radius 3 is 2.23 bits per heavy atom. The number of hydrogen-bond donors (Lipinski definition) is 1. The number of carbonyl (C=O) groups is 1. The Morgan fingerprint density at radius 2 is 1.60 bits per heavy atom. The number of nitrogens with one attached hydrogen (secondary N) is 1. The summed E-state index contributed by atoms with van der Waals surface area (Å²) < 4.78 is 81.7. The molecule has 0 fully saturated rings. The molecule has 0 atom stereocenters. The van der Waals surface area contributed by atoms with E-state index in [1.165, 1.54) is 60.4 Å². The highest BCUT2D eigenvalue weighted by molar-refractivity contribution is 5.96. The predicted molar refractivity (Wildman–Crippen MR) is 121 cm³/mol. The van der Waals surface area contributed by atoms with Gasteiger partial charge in [0.1, 0.15) is 0 Å². The van der Waals surface area contributed by atoms with Crippen LogP contribution in [0.3, 0.4) is 0 Å². The molecule has 180 valence electrons. The van der Waals surface area contributed by atoms with Crippen LogP contribution in [0.4, 0.5) is 32.0 Å². The van der Waals surface area contributed by atoms with Crippen molar-refractivity contribution in [1.29, 1.82) is 0 Å². The summed E-state index contributed by atoms with van der Waals surface area (Å²) in [6, 6.07) is 12.8. The topological polar surface area (TPSA) is 46.9 Å². The summed E-state index contributed by atoms with van der Waals surface area (Å²) in [5.74, 6) is -0.426. The molecule has 0 saturated carbocycles. The monoisotopic (exact) mass is 489 g/mol. The summed E-state index contributed by atoms with van der Waals surface area (Å²) in [7, 11) is 0. The minimum Gasteiger partial charge on any atom is -0.326 e. The number of imidazole rings is 1. The molecule has 0 unspecified atom stereocenters. The molecule has 0 radical (unpaired) electrons. The van der Waals surface area contributed by atoms with Crippen molar-refractivity contribution in [2.75, 3.05) is 5.32 Å². The lowest BCUT2D eigenvalue weighted by molar-refractivity contribution is -0.138. The van der Waals surface area contributed by atoms with E-state index < -0.39 is 29.4 Å². The Balaban J connectivity index is 1.78. The first kappa shape index (κ1) is 24.1. The fourth-order valence-electron chi connectivity index (χ4n) is 3.62. The molecule has 4 rings (SSSR count). The van der Waals surface area contributed by atoms with E-state index in [-0.39, 0.29) is 27.8 Å². The summed E-state index contributed by atoms with van der Waals surface area (Å²) in [5, 5.41) is 2.54. The molecule has 0 aliphatic rings. The van der Waals surface area contributed by atoms with Gasteiger partial charge in [0.2, 0.25) is 5.91 Å². The third kappa shape index (κ3) is 5.21. The number of halogens is 6. The zero-order valence-corrected chi connectivity index (χ0v) is 18.1. The zero-order valence-electron chi connectivity index (χ0n) is 18.1. The summed E-state index contributed by atoms with van der Waals surface area (Å²) in [4.78, 5) is 15.7. The number of hydrogen-bond acceptors (Lipinski definition) is 2. The quantitative estimate of drug-likeness (QED) is 0.305. The van der Waals surface area contributed by atoms with Crippen LogP contribution in [0, 0.1) is 0 Å². The Kier molecular flexibility index (Phi) is 6.14. The van der Waals surface area contributed by atoms with E-state index in [2.05, 4.69) is 10.3 Å². The summed E-state index contributed by atoms with van der Waals surface area (Å²) in [6.45, 7) is 1.26. The molecule has 0 bridgehead atoms. The number of para-hydroxylation sites is 1. The SMILES string of the molecule is CC(=O)Nc1ccccc1-c1cc2ncn(/C=C/c3ccc(C(F)(F)F)cc3)c2cc1C(F)(F)F. The highest BCUT2D eigenvalue weighted by atomic mass is 19.4. The van der Waals surface area contributed by atoms with Gasteiger partial charge in [0, 0.05) is 24.4 Å². The number of benzene rings is 3. The van der Waals surface area contributed by atoms with Crippen molar-refractivity contribution in [3.8, 4) is 11.1 Å². The van der Waals surface area contributed by atoms with E-state index >= 15 is 0 Å². The van der Waals surface area contributed by atoms with E-state index in [9.17, 15) is 31.1 Å². The van der Waals surface area contributed by atoms with Crippen LogP contribution >= 0.6 is 0 Å². The lowest BCUT2D eigenvalue weighted by atomic mass is 9.96. The van der Waals surface area contributed by atoms with Gasteiger partial charge in [-0.15, -0.1) is 0 Å². The highest BCUT2D eigenvalue weighted by Crippen LogP contribution is 2.41.